The number of aliphatic hydroxyl groups is 1. The topological polar surface area (TPSA) is 47.0 Å². The van der Waals surface area contributed by atoms with Crippen LogP contribution < -0.4 is 4.90 Å². The van der Waals surface area contributed by atoms with E-state index in [0.717, 1.165) is 32.7 Å². The van der Waals surface area contributed by atoms with Crippen molar-refractivity contribution in [2.45, 2.75) is 12.5 Å². The van der Waals surface area contributed by atoms with Crippen molar-refractivity contribution in [2.75, 3.05) is 51.2 Å². The largest absolute Gasteiger partial charge is 0.392 e. The fourth-order valence-corrected chi connectivity index (χ4v) is 3.40. The SMILES string of the molecule is CN1CC[C@H](O)[C@H](C(=O)N2CCN(c3ccccc3)CC2)C1. The van der Waals surface area contributed by atoms with Gasteiger partial charge in [0, 0.05) is 45.0 Å². The Morgan fingerprint density at radius 1 is 1.09 bits per heavy atom. The Hall–Kier alpha value is -1.59. The van der Waals surface area contributed by atoms with E-state index < -0.39 is 6.10 Å². The van der Waals surface area contributed by atoms with Gasteiger partial charge in [0.2, 0.25) is 5.91 Å². The molecular formula is C17H25N3O2. The van der Waals surface area contributed by atoms with Crippen LogP contribution in [0.25, 0.3) is 0 Å². The highest BCUT2D eigenvalue weighted by molar-refractivity contribution is 5.80. The van der Waals surface area contributed by atoms with E-state index in [1.54, 1.807) is 0 Å². The van der Waals surface area contributed by atoms with E-state index >= 15 is 0 Å². The molecule has 1 aromatic rings. The molecule has 0 aromatic heterocycles. The minimum atomic E-state index is -0.490. The molecule has 1 aromatic carbocycles. The normalized spacial score (nSPS) is 27.0. The molecule has 5 nitrogen and oxygen atoms in total. The molecule has 120 valence electrons. The highest BCUT2D eigenvalue weighted by Crippen LogP contribution is 2.21. The summed E-state index contributed by atoms with van der Waals surface area (Å²) in [6.45, 7) is 4.72. The summed E-state index contributed by atoms with van der Waals surface area (Å²) in [4.78, 5) is 19.0. The van der Waals surface area contributed by atoms with Crippen LogP contribution >= 0.6 is 0 Å². The second kappa shape index (κ2) is 6.67. The highest BCUT2D eigenvalue weighted by Gasteiger charge is 2.35. The number of para-hydroxylation sites is 1. The number of rotatable bonds is 2. The molecule has 1 amide bonds. The second-order valence-corrected chi connectivity index (χ2v) is 6.37. The molecular weight excluding hydrogens is 278 g/mol. The minimum Gasteiger partial charge on any atom is -0.392 e. The molecule has 3 rings (SSSR count). The molecule has 0 spiro atoms. The van der Waals surface area contributed by atoms with Crippen LogP contribution in [-0.2, 0) is 4.79 Å². The molecule has 0 radical (unpaired) electrons. The minimum absolute atomic E-state index is 0.117. The quantitative estimate of drug-likeness (QED) is 0.871. The average molecular weight is 303 g/mol. The van der Waals surface area contributed by atoms with Gasteiger partial charge < -0.3 is 19.8 Å². The fourth-order valence-electron chi connectivity index (χ4n) is 3.40. The number of hydrogen-bond acceptors (Lipinski definition) is 4. The van der Waals surface area contributed by atoms with E-state index in [-0.39, 0.29) is 11.8 Å². The van der Waals surface area contributed by atoms with E-state index in [1.165, 1.54) is 5.69 Å². The lowest BCUT2D eigenvalue weighted by atomic mass is 9.93. The summed E-state index contributed by atoms with van der Waals surface area (Å²) < 4.78 is 0. The molecule has 2 aliphatic heterocycles. The Bertz CT molecular complexity index is 500. The Morgan fingerprint density at radius 2 is 1.77 bits per heavy atom. The molecule has 0 bridgehead atoms. The third-order valence-electron chi connectivity index (χ3n) is 4.81. The molecule has 1 N–H and O–H groups in total. The first-order chi connectivity index (χ1) is 10.6. The number of nitrogens with zero attached hydrogens (tertiary/aromatic N) is 3. The van der Waals surface area contributed by atoms with Crippen molar-refractivity contribution in [1.82, 2.24) is 9.80 Å². The van der Waals surface area contributed by atoms with Gasteiger partial charge in [-0.25, -0.2) is 0 Å². The van der Waals surface area contributed by atoms with E-state index in [0.29, 0.717) is 13.0 Å². The van der Waals surface area contributed by atoms with Gasteiger partial charge in [0.15, 0.2) is 0 Å². The highest BCUT2D eigenvalue weighted by atomic mass is 16.3. The van der Waals surface area contributed by atoms with Crippen molar-refractivity contribution < 1.29 is 9.90 Å². The molecule has 2 atom stereocenters. The van der Waals surface area contributed by atoms with E-state index in [4.69, 9.17) is 0 Å². The zero-order valence-electron chi connectivity index (χ0n) is 13.2. The lowest BCUT2D eigenvalue weighted by Crippen LogP contribution is -2.55. The summed E-state index contributed by atoms with van der Waals surface area (Å²) >= 11 is 0. The predicted molar refractivity (Wildman–Crippen MR) is 86.8 cm³/mol. The van der Waals surface area contributed by atoms with Gasteiger partial charge in [0.25, 0.3) is 0 Å². The zero-order chi connectivity index (χ0) is 15.5. The van der Waals surface area contributed by atoms with E-state index in [2.05, 4.69) is 21.9 Å². The number of hydrogen-bond donors (Lipinski definition) is 1. The Labute approximate surface area is 132 Å². The van der Waals surface area contributed by atoms with Crippen molar-refractivity contribution >= 4 is 11.6 Å². The van der Waals surface area contributed by atoms with Crippen LogP contribution in [0.5, 0.6) is 0 Å². The summed E-state index contributed by atoms with van der Waals surface area (Å²) in [5.41, 5.74) is 1.21. The molecule has 0 unspecified atom stereocenters. The third kappa shape index (κ3) is 3.25. The van der Waals surface area contributed by atoms with Crippen molar-refractivity contribution in [2.24, 2.45) is 5.92 Å². The Kier molecular flexibility index (Phi) is 4.64. The van der Waals surface area contributed by atoms with Crippen LogP contribution in [0.2, 0.25) is 0 Å². The lowest BCUT2D eigenvalue weighted by Gasteiger charge is -2.40. The predicted octanol–water partition coefficient (Wildman–Crippen LogP) is 0.648. The standard InChI is InChI=1S/C17H25N3O2/c1-18-8-7-16(21)15(13-18)17(22)20-11-9-19(10-12-20)14-5-3-2-4-6-14/h2-6,15-16,21H,7-13H2,1H3/t15-,16+/m1/s1. The Morgan fingerprint density at radius 3 is 2.45 bits per heavy atom. The number of carbonyl (C=O) groups excluding carboxylic acids is 1. The first-order valence-electron chi connectivity index (χ1n) is 8.10. The van der Waals surface area contributed by atoms with Crippen LogP contribution in [-0.4, -0.2) is 73.2 Å². The number of amides is 1. The third-order valence-corrected chi connectivity index (χ3v) is 4.81. The first-order valence-corrected chi connectivity index (χ1v) is 8.10. The maximum Gasteiger partial charge on any atom is 0.229 e. The van der Waals surface area contributed by atoms with Gasteiger partial charge in [-0.05, 0) is 25.6 Å². The number of carbonyl (C=O) groups is 1. The van der Waals surface area contributed by atoms with Crippen LogP contribution in [0, 0.1) is 5.92 Å². The molecule has 22 heavy (non-hydrogen) atoms. The summed E-state index contributed by atoms with van der Waals surface area (Å²) in [6.07, 6.45) is 0.201. The number of likely N-dealkylation sites (tertiary alicyclic amines) is 1. The number of anilines is 1. The van der Waals surface area contributed by atoms with Crippen LogP contribution in [0.1, 0.15) is 6.42 Å². The van der Waals surface area contributed by atoms with E-state index in [9.17, 15) is 9.90 Å². The van der Waals surface area contributed by atoms with Gasteiger partial charge in [-0.2, -0.15) is 0 Å². The molecule has 2 aliphatic rings. The van der Waals surface area contributed by atoms with Gasteiger partial charge in [0.1, 0.15) is 0 Å². The smallest absolute Gasteiger partial charge is 0.229 e. The zero-order valence-corrected chi connectivity index (χ0v) is 13.2. The summed E-state index contributed by atoms with van der Waals surface area (Å²) in [5, 5.41) is 10.1. The maximum absolute atomic E-state index is 12.7. The second-order valence-electron chi connectivity index (χ2n) is 6.37. The first kappa shape index (κ1) is 15.3. The summed E-state index contributed by atoms with van der Waals surface area (Å²) in [6, 6.07) is 10.3. The van der Waals surface area contributed by atoms with Crippen molar-refractivity contribution in [1.29, 1.82) is 0 Å². The van der Waals surface area contributed by atoms with Crippen molar-refractivity contribution in [3.8, 4) is 0 Å². The number of benzene rings is 1. The number of piperazine rings is 1. The monoisotopic (exact) mass is 303 g/mol. The lowest BCUT2D eigenvalue weighted by molar-refractivity contribution is -0.142. The average Bonchev–Trinajstić information content (AvgIpc) is 2.57. The van der Waals surface area contributed by atoms with Gasteiger partial charge in [-0.3, -0.25) is 4.79 Å². The molecule has 2 heterocycles. The van der Waals surface area contributed by atoms with Crippen LogP contribution in [0.3, 0.4) is 0 Å². The van der Waals surface area contributed by atoms with E-state index in [1.807, 2.05) is 30.1 Å². The molecule has 2 fully saturated rings. The molecule has 5 heteroatoms. The van der Waals surface area contributed by atoms with Crippen molar-refractivity contribution in [3.05, 3.63) is 30.3 Å². The molecule has 0 saturated carbocycles. The molecule has 2 saturated heterocycles. The van der Waals surface area contributed by atoms with Crippen molar-refractivity contribution in [3.63, 3.8) is 0 Å². The number of aliphatic hydroxyl groups excluding tert-OH is 1. The maximum atomic E-state index is 12.7. The van der Waals surface area contributed by atoms with Crippen LogP contribution in [0.4, 0.5) is 5.69 Å². The van der Waals surface area contributed by atoms with Gasteiger partial charge >= 0.3 is 0 Å². The summed E-state index contributed by atoms with van der Waals surface area (Å²) in [7, 11) is 2.01. The molecule has 0 aliphatic carbocycles. The Balaban J connectivity index is 1.58. The van der Waals surface area contributed by atoms with Crippen LogP contribution in [0.15, 0.2) is 30.3 Å². The number of piperidine rings is 1. The van der Waals surface area contributed by atoms with Gasteiger partial charge in [-0.15, -0.1) is 0 Å². The summed E-state index contributed by atoms with van der Waals surface area (Å²) in [5.74, 6) is -0.145. The fraction of sp³-hybridized carbons (Fsp3) is 0.588. The van der Waals surface area contributed by atoms with Gasteiger partial charge in [-0.1, -0.05) is 18.2 Å². The van der Waals surface area contributed by atoms with Gasteiger partial charge in [0.05, 0.1) is 12.0 Å².